The Balaban J connectivity index is 1.34. The van der Waals surface area contributed by atoms with Crippen LogP contribution in [0.2, 0.25) is 0 Å². The van der Waals surface area contributed by atoms with Crippen LogP contribution in [0.5, 0.6) is 0 Å². The molecule has 0 saturated carbocycles. The number of nitrogens with zero attached hydrogens (tertiary/aromatic N) is 1. The Morgan fingerprint density at radius 1 is 0.818 bits per heavy atom. The molecule has 0 bridgehead atoms. The summed E-state index contributed by atoms with van der Waals surface area (Å²) in [6.07, 6.45) is 2.05. The molecule has 1 fully saturated rings. The summed E-state index contributed by atoms with van der Waals surface area (Å²) in [4.78, 5) is 39.5. The lowest BCUT2D eigenvalue weighted by Gasteiger charge is -2.18. The molecule has 3 amide bonds. The molecule has 0 atom stereocenters. The summed E-state index contributed by atoms with van der Waals surface area (Å²) in [7, 11) is 0. The number of amides is 3. The first kappa shape index (κ1) is 22.3. The summed E-state index contributed by atoms with van der Waals surface area (Å²) in [6.45, 7) is 3.20. The molecule has 0 unspecified atom stereocenters. The molecule has 4 rings (SSSR count). The zero-order chi connectivity index (χ0) is 23.2. The maximum absolute atomic E-state index is 12.7. The molecule has 0 aliphatic carbocycles. The van der Waals surface area contributed by atoms with Gasteiger partial charge in [0.25, 0.3) is 11.8 Å². The van der Waals surface area contributed by atoms with E-state index in [1.54, 1.807) is 30.3 Å². The number of hydrogen-bond donors (Lipinski definition) is 2. The Hall–Kier alpha value is -3.93. The third-order valence-corrected chi connectivity index (χ3v) is 5.90. The van der Waals surface area contributed by atoms with Gasteiger partial charge in [0.15, 0.2) is 0 Å². The largest absolute Gasteiger partial charge is 0.343 e. The van der Waals surface area contributed by atoms with Crippen LogP contribution >= 0.6 is 0 Å². The second kappa shape index (κ2) is 10.1. The summed E-state index contributed by atoms with van der Waals surface area (Å²) in [5.74, 6) is -0.675. The average molecular weight is 442 g/mol. The van der Waals surface area contributed by atoms with Gasteiger partial charge in [-0.1, -0.05) is 48.5 Å². The molecule has 1 saturated heterocycles. The molecule has 33 heavy (non-hydrogen) atoms. The number of anilines is 1. The van der Waals surface area contributed by atoms with Crippen molar-refractivity contribution >= 4 is 23.4 Å². The van der Waals surface area contributed by atoms with Gasteiger partial charge in [0.2, 0.25) is 5.91 Å². The van der Waals surface area contributed by atoms with Crippen LogP contribution in [0.15, 0.2) is 72.8 Å². The van der Waals surface area contributed by atoms with Crippen LogP contribution in [0.4, 0.5) is 5.69 Å². The number of carbonyl (C=O) groups excluding carboxylic acids is 3. The van der Waals surface area contributed by atoms with E-state index >= 15 is 0 Å². The second-order valence-corrected chi connectivity index (χ2v) is 8.15. The van der Waals surface area contributed by atoms with Crippen molar-refractivity contribution in [2.24, 2.45) is 0 Å². The average Bonchev–Trinajstić information content (AvgIpc) is 3.39. The van der Waals surface area contributed by atoms with Gasteiger partial charge < -0.3 is 15.5 Å². The van der Waals surface area contributed by atoms with Gasteiger partial charge in [-0.15, -0.1) is 0 Å². The molecule has 2 N–H and O–H groups in total. The first-order chi connectivity index (χ1) is 16.0. The Labute approximate surface area is 193 Å². The van der Waals surface area contributed by atoms with E-state index in [4.69, 9.17) is 0 Å². The van der Waals surface area contributed by atoms with Gasteiger partial charge in [-0.05, 0) is 60.7 Å². The normalized spacial score (nSPS) is 12.9. The number of benzene rings is 3. The molecule has 168 valence electrons. The van der Waals surface area contributed by atoms with E-state index < -0.39 is 0 Å². The molecular weight excluding hydrogens is 414 g/mol. The molecule has 0 spiro atoms. The van der Waals surface area contributed by atoms with Gasteiger partial charge in [0.05, 0.1) is 6.54 Å². The Morgan fingerprint density at radius 3 is 2.18 bits per heavy atom. The monoisotopic (exact) mass is 441 g/mol. The number of nitrogens with one attached hydrogen (secondary N) is 2. The van der Waals surface area contributed by atoms with Crippen LogP contribution in [-0.4, -0.2) is 42.3 Å². The predicted octanol–water partition coefficient (Wildman–Crippen LogP) is 4.27. The third kappa shape index (κ3) is 5.29. The first-order valence-corrected chi connectivity index (χ1v) is 11.2. The lowest BCUT2D eigenvalue weighted by molar-refractivity contribution is -0.115. The Bertz CT molecular complexity index is 1150. The van der Waals surface area contributed by atoms with Crippen molar-refractivity contribution < 1.29 is 14.4 Å². The number of likely N-dealkylation sites (tertiary alicyclic amines) is 1. The quantitative estimate of drug-likeness (QED) is 0.600. The first-order valence-electron chi connectivity index (χ1n) is 11.2. The van der Waals surface area contributed by atoms with Crippen LogP contribution in [-0.2, 0) is 4.79 Å². The minimum absolute atomic E-state index is 0.00616. The highest BCUT2D eigenvalue weighted by molar-refractivity contribution is 6.02. The number of carbonyl (C=O) groups is 3. The van der Waals surface area contributed by atoms with Crippen molar-refractivity contribution in [2.75, 3.05) is 25.0 Å². The molecule has 3 aromatic carbocycles. The SMILES string of the molecule is Cc1c(NC(=O)CNC(=O)c2ccc(-c3ccccc3)cc2)cccc1C(=O)N1CCCC1. The van der Waals surface area contributed by atoms with E-state index in [-0.39, 0.29) is 24.3 Å². The lowest BCUT2D eigenvalue weighted by atomic mass is 10.0. The molecule has 0 radical (unpaired) electrons. The second-order valence-electron chi connectivity index (χ2n) is 8.15. The highest BCUT2D eigenvalue weighted by Gasteiger charge is 2.22. The van der Waals surface area contributed by atoms with E-state index in [0.29, 0.717) is 16.8 Å². The fraction of sp³-hybridized carbons (Fsp3) is 0.222. The van der Waals surface area contributed by atoms with Crippen LogP contribution in [0.3, 0.4) is 0 Å². The molecule has 6 nitrogen and oxygen atoms in total. The Kier molecular flexibility index (Phi) is 6.83. The van der Waals surface area contributed by atoms with Crippen molar-refractivity contribution in [3.05, 3.63) is 89.5 Å². The van der Waals surface area contributed by atoms with E-state index in [1.807, 2.05) is 54.3 Å². The van der Waals surface area contributed by atoms with Gasteiger partial charge in [-0.3, -0.25) is 14.4 Å². The standard InChI is InChI=1S/C27H27N3O3/c1-19-23(27(33)30-16-5-6-17-30)10-7-11-24(19)29-25(31)18-28-26(32)22-14-12-21(13-15-22)20-8-3-2-4-9-20/h2-4,7-15H,5-6,16-18H2,1H3,(H,28,32)(H,29,31). The molecule has 1 heterocycles. The highest BCUT2D eigenvalue weighted by Crippen LogP contribution is 2.22. The van der Waals surface area contributed by atoms with Gasteiger partial charge in [0.1, 0.15) is 0 Å². The smallest absolute Gasteiger partial charge is 0.254 e. The summed E-state index contributed by atoms with van der Waals surface area (Å²) >= 11 is 0. The minimum Gasteiger partial charge on any atom is -0.343 e. The summed E-state index contributed by atoms with van der Waals surface area (Å²) in [6, 6.07) is 22.5. The molecule has 1 aliphatic heterocycles. The maximum atomic E-state index is 12.7. The van der Waals surface area contributed by atoms with Crippen molar-refractivity contribution in [3.63, 3.8) is 0 Å². The van der Waals surface area contributed by atoms with Crippen molar-refractivity contribution in [3.8, 4) is 11.1 Å². The van der Waals surface area contributed by atoms with Crippen molar-refractivity contribution in [1.82, 2.24) is 10.2 Å². The fourth-order valence-electron chi connectivity index (χ4n) is 3.99. The molecule has 6 heteroatoms. The van der Waals surface area contributed by atoms with Gasteiger partial charge >= 0.3 is 0 Å². The van der Waals surface area contributed by atoms with Crippen LogP contribution in [0.25, 0.3) is 11.1 Å². The highest BCUT2D eigenvalue weighted by atomic mass is 16.2. The fourth-order valence-corrected chi connectivity index (χ4v) is 3.99. The Morgan fingerprint density at radius 2 is 1.48 bits per heavy atom. The van der Waals surface area contributed by atoms with Crippen LogP contribution in [0.1, 0.15) is 39.1 Å². The summed E-state index contributed by atoms with van der Waals surface area (Å²) in [5.41, 5.74) is 4.47. The van der Waals surface area contributed by atoms with Gasteiger partial charge in [-0.25, -0.2) is 0 Å². The van der Waals surface area contributed by atoms with E-state index in [2.05, 4.69) is 10.6 Å². The summed E-state index contributed by atoms with van der Waals surface area (Å²) in [5, 5.41) is 5.46. The molecule has 3 aromatic rings. The van der Waals surface area contributed by atoms with Crippen molar-refractivity contribution in [2.45, 2.75) is 19.8 Å². The molecule has 1 aliphatic rings. The van der Waals surface area contributed by atoms with E-state index in [1.165, 1.54) is 0 Å². The minimum atomic E-state index is -0.349. The number of rotatable bonds is 6. The summed E-state index contributed by atoms with van der Waals surface area (Å²) < 4.78 is 0. The zero-order valence-electron chi connectivity index (χ0n) is 18.6. The zero-order valence-corrected chi connectivity index (χ0v) is 18.6. The maximum Gasteiger partial charge on any atom is 0.254 e. The van der Waals surface area contributed by atoms with Gasteiger partial charge in [-0.2, -0.15) is 0 Å². The number of hydrogen-bond acceptors (Lipinski definition) is 3. The van der Waals surface area contributed by atoms with Crippen LogP contribution < -0.4 is 10.6 Å². The lowest BCUT2D eigenvalue weighted by Crippen LogP contribution is -2.33. The van der Waals surface area contributed by atoms with Crippen molar-refractivity contribution in [1.29, 1.82) is 0 Å². The van der Waals surface area contributed by atoms with E-state index in [9.17, 15) is 14.4 Å². The van der Waals surface area contributed by atoms with Crippen LogP contribution in [0, 0.1) is 6.92 Å². The molecule has 0 aromatic heterocycles. The predicted molar refractivity (Wildman–Crippen MR) is 129 cm³/mol. The topological polar surface area (TPSA) is 78.5 Å². The van der Waals surface area contributed by atoms with Gasteiger partial charge in [0, 0.05) is 29.9 Å². The third-order valence-electron chi connectivity index (χ3n) is 5.90. The van der Waals surface area contributed by atoms with E-state index in [0.717, 1.165) is 42.6 Å². The molecular formula is C27H27N3O3.